The summed E-state index contributed by atoms with van der Waals surface area (Å²) in [6.07, 6.45) is -1.21. The van der Waals surface area contributed by atoms with Crippen LogP contribution in [0.4, 0.5) is 4.39 Å². The van der Waals surface area contributed by atoms with E-state index in [1.165, 1.54) is 7.11 Å². The summed E-state index contributed by atoms with van der Waals surface area (Å²) in [5, 5.41) is 10.8. The summed E-state index contributed by atoms with van der Waals surface area (Å²) in [7, 11) is 1.44. The van der Waals surface area contributed by atoms with Crippen LogP contribution in [-0.2, 0) is 9.47 Å². The topological polar surface area (TPSA) is 111 Å². The highest BCUT2D eigenvalue weighted by molar-refractivity contribution is 6.21. The Labute approximate surface area is 187 Å². The van der Waals surface area contributed by atoms with E-state index in [1.54, 1.807) is 36.4 Å². The molecule has 170 valence electrons. The number of hydrogen-bond acceptors (Lipinski definition) is 8. The van der Waals surface area contributed by atoms with Gasteiger partial charge in [-0.1, -0.05) is 12.1 Å². The third-order valence-corrected chi connectivity index (χ3v) is 5.78. The molecule has 4 heterocycles. The number of rotatable bonds is 5. The number of amides is 2. The average molecular weight is 453 g/mol. The number of aliphatic hydroxyl groups excluding tert-OH is 1. The van der Waals surface area contributed by atoms with Crippen LogP contribution in [0.5, 0.6) is 5.88 Å². The SMILES string of the molecule is COc1ccc2ncc(F)c(C(O)C[C@H]3OC[C@H](N4C(=O)c5ccccc5C4=O)CO3)c2n1. The Bertz CT molecular complexity index is 1210. The molecule has 5 rings (SSSR count). The van der Waals surface area contributed by atoms with E-state index in [0.29, 0.717) is 16.6 Å². The number of fused-ring (bicyclic) bond motifs is 2. The molecular formula is C23H20FN3O6. The molecule has 1 saturated heterocycles. The molecule has 0 spiro atoms. The lowest BCUT2D eigenvalue weighted by molar-refractivity contribution is -0.208. The molecule has 2 aliphatic rings. The van der Waals surface area contributed by atoms with Gasteiger partial charge in [0.25, 0.3) is 11.8 Å². The maximum Gasteiger partial charge on any atom is 0.261 e. The van der Waals surface area contributed by atoms with Crippen molar-refractivity contribution < 1.29 is 33.3 Å². The van der Waals surface area contributed by atoms with Crippen LogP contribution < -0.4 is 4.74 Å². The summed E-state index contributed by atoms with van der Waals surface area (Å²) >= 11 is 0. The molecule has 33 heavy (non-hydrogen) atoms. The first-order chi connectivity index (χ1) is 16.0. The number of nitrogens with zero attached hydrogens (tertiary/aromatic N) is 3. The molecular weight excluding hydrogens is 433 g/mol. The predicted molar refractivity (Wildman–Crippen MR) is 112 cm³/mol. The predicted octanol–water partition coefficient (Wildman–Crippen LogP) is 2.24. The van der Waals surface area contributed by atoms with Gasteiger partial charge in [-0.3, -0.25) is 19.5 Å². The highest BCUT2D eigenvalue weighted by Gasteiger charge is 2.42. The fourth-order valence-corrected chi connectivity index (χ4v) is 4.13. The van der Waals surface area contributed by atoms with Gasteiger partial charge in [0, 0.05) is 18.1 Å². The molecule has 1 atom stereocenters. The number of benzene rings is 1. The maximum atomic E-state index is 14.6. The number of carbonyl (C=O) groups is 2. The molecule has 1 unspecified atom stereocenters. The second kappa shape index (κ2) is 8.47. The number of pyridine rings is 2. The number of aromatic nitrogens is 2. The van der Waals surface area contributed by atoms with Crippen molar-refractivity contribution in [3.05, 3.63) is 65.1 Å². The number of aliphatic hydroxyl groups is 1. The van der Waals surface area contributed by atoms with Crippen molar-refractivity contribution in [3.63, 3.8) is 0 Å². The largest absolute Gasteiger partial charge is 0.481 e. The van der Waals surface area contributed by atoms with Gasteiger partial charge in [-0.15, -0.1) is 0 Å². The van der Waals surface area contributed by atoms with Crippen molar-refractivity contribution in [2.45, 2.75) is 24.9 Å². The lowest BCUT2D eigenvalue weighted by Crippen LogP contribution is -2.50. The van der Waals surface area contributed by atoms with Gasteiger partial charge in [-0.05, 0) is 18.2 Å². The monoisotopic (exact) mass is 453 g/mol. The highest BCUT2D eigenvalue weighted by atomic mass is 19.1. The molecule has 1 fully saturated rings. The summed E-state index contributed by atoms with van der Waals surface area (Å²) in [6, 6.07) is 9.23. The molecule has 9 nitrogen and oxygen atoms in total. The van der Waals surface area contributed by atoms with Gasteiger partial charge in [-0.2, -0.15) is 0 Å². The minimum atomic E-state index is -1.30. The molecule has 2 aromatic heterocycles. The lowest BCUT2D eigenvalue weighted by atomic mass is 10.0. The molecule has 3 aromatic rings. The van der Waals surface area contributed by atoms with Crippen LogP contribution in [-0.4, -0.2) is 64.4 Å². The van der Waals surface area contributed by atoms with Crippen molar-refractivity contribution >= 4 is 22.8 Å². The van der Waals surface area contributed by atoms with Crippen molar-refractivity contribution in [2.24, 2.45) is 0 Å². The second-order valence-electron chi connectivity index (χ2n) is 7.77. The molecule has 2 aliphatic heterocycles. The van der Waals surface area contributed by atoms with E-state index in [9.17, 15) is 19.1 Å². The van der Waals surface area contributed by atoms with Crippen LogP contribution in [0.25, 0.3) is 11.0 Å². The fourth-order valence-electron chi connectivity index (χ4n) is 4.13. The number of ether oxygens (including phenoxy) is 3. The first-order valence-corrected chi connectivity index (χ1v) is 10.3. The minimum absolute atomic E-state index is 0.0337. The fraction of sp³-hybridized carbons (Fsp3) is 0.304. The van der Waals surface area contributed by atoms with E-state index >= 15 is 0 Å². The lowest BCUT2D eigenvalue weighted by Gasteiger charge is -2.34. The van der Waals surface area contributed by atoms with Crippen LogP contribution in [0.1, 0.15) is 38.8 Å². The van der Waals surface area contributed by atoms with Gasteiger partial charge in [0.1, 0.15) is 11.3 Å². The van der Waals surface area contributed by atoms with Gasteiger partial charge in [0.15, 0.2) is 6.29 Å². The first kappa shape index (κ1) is 21.4. The van der Waals surface area contributed by atoms with E-state index in [1.807, 2.05) is 0 Å². The molecule has 1 aromatic carbocycles. The van der Waals surface area contributed by atoms with Crippen LogP contribution in [0.15, 0.2) is 42.6 Å². The molecule has 0 saturated carbocycles. The Morgan fingerprint density at radius 3 is 2.45 bits per heavy atom. The van der Waals surface area contributed by atoms with Crippen LogP contribution in [0.3, 0.4) is 0 Å². The van der Waals surface area contributed by atoms with E-state index in [2.05, 4.69) is 9.97 Å². The van der Waals surface area contributed by atoms with E-state index in [-0.39, 0.29) is 36.6 Å². The van der Waals surface area contributed by atoms with Crippen LogP contribution >= 0.6 is 0 Å². The average Bonchev–Trinajstić information content (AvgIpc) is 3.09. The number of imide groups is 1. The molecule has 0 aliphatic carbocycles. The zero-order chi connectivity index (χ0) is 23.1. The Hall–Kier alpha value is -3.47. The summed E-state index contributed by atoms with van der Waals surface area (Å²) in [5.41, 5.74) is 1.25. The molecule has 0 bridgehead atoms. The third kappa shape index (κ3) is 3.71. The first-order valence-electron chi connectivity index (χ1n) is 10.3. The van der Waals surface area contributed by atoms with Crippen molar-refractivity contribution in [2.75, 3.05) is 20.3 Å². The Kier molecular flexibility index (Phi) is 5.49. The van der Waals surface area contributed by atoms with E-state index in [4.69, 9.17) is 14.2 Å². The highest BCUT2D eigenvalue weighted by Crippen LogP contribution is 2.31. The second-order valence-corrected chi connectivity index (χ2v) is 7.77. The summed E-state index contributed by atoms with van der Waals surface area (Å²) in [4.78, 5) is 34.7. The van der Waals surface area contributed by atoms with Gasteiger partial charge in [0.2, 0.25) is 5.88 Å². The number of carbonyl (C=O) groups excluding carboxylic acids is 2. The van der Waals surface area contributed by atoms with Gasteiger partial charge < -0.3 is 19.3 Å². The maximum absolute atomic E-state index is 14.6. The standard InChI is InChI=1S/C23H20FN3O6/c1-31-18-7-6-16-21(26-18)20(15(24)9-25-16)17(28)8-19-32-10-12(11-33-19)27-22(29)13-4-2-3-5-14(13)23(27)30/h2-7,9,12,17,19,28H,8,10-11H2,1H3/t12-,17?,19-. The normalized spacial score (nSPS) is 21.4. The number of hydrogen-bond donors (Lipinski definition) is 1. The van der Waals surface area contributed by atoms with E-state index < -0.39 is 36.1 Å². The molecule has 0 radical (unpaired) electrons. The van der Waals surface area contributed by atoms with E-state index in [0.717, 1.165) is 11.1 Å². The minimum Gasteiger partial charge on any atom is -0.481 e. The van der Waals surface area contributed by atoms with Crippen molar-refractivity contribution in [1.82, 2.24) is 14.9 Å². The van der Waals surface area contributed by atoms with Gasteiger partial charge in [0.05, 0.1) is 55.3 Å². The van der Waals surface area contributed by atoms with Gasteiger partial charge in [-0.25, -0.2) is 9.37 Å². The summed E-state index contributed by atoms with van der Waals surface area (Å²) in [5.74, 6) is -1.24. The van der Waals surface area contributed by atoms with Crippen molar-refractivity contribution in [1.29, 1.82) is 0 Å². The van der Waals surface area contributed by atoms with Gasteiger partial charge >= 0.3 is 0 Å². The Morgan fingerprint density at radius 1 is 1.15 bits per heavy atom. The van der Waals surface area contributed by atoms with Crippen LogP contribution in [0.2, 0.25) is 0 Å². The quantitative estimate of drug-likeness (QED) is 0.586. The Morgan fingerprint density at radius 2 is 1.82 bits per heavy atom. The molecule has 10 heteroatoms. The number of halogens is 1. The smallest absolute Gasteiger partial charge is 0.261 e. The Balaban J connectivity index is 1.28. The van der Waals surface area contributed by atoms with Crippen molar-refractivity contribution in [3.8, 4) is 5.88 Å². The zero-order valence-electron chi connectivity index (χ0n) is 17.6. The summed E-state index contributed by atoms with van der Waals surface area (Å²) in [6.45, 7) is 0.0724. The zero-order valence-corrected chi connectivity index (χ0v) is 17.6. The van der Waals surface area contributed by atoms with Crippen LogP contribution in [0, 0.1) is 5.82 Å². The molecule has 2 amide bonds. The molecule has 1 N–H and O–H groups in total. The summed E-state index contributed by atoms with van der Waals surface area (Å²) < 4.78 is 31.0. The number of methoxy groups -OCH3 is 1. The third-order valence-electron chi connectivity index (χ3n) is 5.78.